The zero-order valence-corrected chi connectivity index (χ0v) is 13.7. The van der Waals surface area contributed by atoms with E-state index in [0.717, 1.165) is 11.1 Å². The first-order chi connectivity index (χ1) is 11.0. The number of carbonyl (C=O) groups excluding carboxylic acids is 2. The lowest BCUT2D eigenvalue weighted by Crippen LogP contribution is -2.42. The van der Waals surface area contributed by atoms with Gasteiger partial charge in [-0.25, -0.2) is 4.21 Å². The molecule has 6 heteroatoms. The van der Waals surface area contributed by atoms with Crippen LogP contribution >= 0.6 is 0 Å². The largest absolute Gasteiger partial charge is 0.290 e. The van der Waals surface area contributed by atoms with Crippen LogP contribution in [0.3, 0.4) is 0 Å². The second kappa shape index (κ2) is 6.22. The molecule has 0 N–H and O–H groups in total. The molecule has 0 spiro atoms. The summed E-state index contributed by atoms with van der Waals surface area (Å²) in [7, 11) is 0. The summed E-state index contributed by atoms with van der Waals surface area (Å²) in [5, 5.41) is 0. The van der Waals surface area contributed by atoms with Crippen LogP contribution in [-0.4, -0.2) is 26.1 Å². The zero-order chi connectivity index (χ0) is 16.6. The van der Waals surface area contributed by atoms with Crippen molar-refractivity contribution in [3.8, 4) is 0 Å². The lowest BCUT2D eigenvalue weighted by Gasteiger charge is -2.28. The van der Waals surface area contributed by atoms with E-state index in [1.807, 2.05) is 30.3 Å². The van der Waals surface area contributed by atoms with Crippen LogP contribution in [0.1, 0.15) is 19.4 Å². The molecule has 2 aliphatic rings. The fraction of sp³-hybridized carbons (Fsp3) is 0.294. The van der Waals surface area contributed by atoms with Gasteiger partial charge in [0.1, 0.15) is 0 Å². The standard InChI is InChI=1S/C17H17NO4S/c1-11-8-14-15(17(20)16(11)19)12(2)9-18(14)23(21)22-10-13-6-4-3-5-7-13/h3-9,14-15H,10H2,1-2H3. The molecular formula is C17H17NO4S. The fourth-order valence-corrected chi connectivity index (χ4v) is 3.87. The Kier molecular flexibility index (Phi) is 4.28. The van der Waals surface area contributed by atoms with Crippen LogP contribution in [0.4, 0.5) is 0 Å². The van der Waals surface area contributed by atoms with Gasteiger partial charge in [-0.1, -0.05) is 36.4 Å². The minimum absolute atomic E-state index is 0.212. The summed E-state index contributed by atoms with van der Waals surface area (Å²) in [5.41, 5.74) is 2.04. The van der Waals surface area contributed by atoms with Crippen molar-refractivity contribution in [3.63, 3.8) is 0 Å². The van der Waals surface area contributed by atoms with Crippen LogP contribution in [0.15, 0.2) is 53.8 Å². The van der Waals surface area contributed by atoms with Crippen LogP contribution in [0.2, 0.25) is 0 Å². The van der Waals surface area contributed by atoms with Gasteiger partial charge in [0.15, 0.2) is 0 Å². The lowest BCUT2D eigenvalue weighted by molar-refractivity contribution is -0.137. The number of benzene rings is 1. The molecule has 3 rings (SSSR count). The van der Waals surface area contributed by atoms with E-state index in [1.54, 1.807) is 26.1 Å². The van der Waals surface area contributed by atoms with Gasteiger partial charge in [0.25, 0.3) is 11.3 Å². The van der Waals surface area contributed by atoms with Crippen LogP contribution in [0.25, 0.3) is 0 Å². The molecule has 0 amide bonds. The quantitative estimate of drug-likeness (QED) is 0.793. The molecular weight excluding hydrogens is 314 g/mol. The molecule has 0 aromatic heterocycles. The molecule has 1 heterocycles. The number of carbonyl (C=O) groups is 2. The van der Waals surface area contributed by atoms with E-state index in [4.69, 9.17) is 4.18 Å². The van der Waals surface area contributed by atoms with E-state index in [0.29, 0.717) is 5.57 Å². The summed E-state index contributed by atoms with van der Waals surface area (Å²) in [6.07, 6.45) is 3.35. The maximum absolute atomic E-state index is 12.5. The Morgan fingerprint density at radius 3 is 2.57 bits per heavy atom. The molecule has 0 bridgehead atoms. The Bertz CT molecular complexity index is 738. The van der Waals surface area contributed by atoms with Crippen LogP contribution < -0.4 is 0 Å². The van der Waals surface area contributed by atoms with Crippen molar-refractivity contribution in [2.75, 3.05) is 0 Å². The average molecular weight is 331 g/mol. The summed E-state index contributed by atoms with van der Waals surface area (Å²) < 4.78 is 19.4. The van der Waals surface area contributed by atoms with Gasteiger partial charge in [-0.3, -0.25) is 18.1 Å². The van der Waals surface area contributed by atoms with Crippen LogP contribution in [-0.2, 0) is 31.6 Å². The SMILES string of the molecule is CC1=CC2C(C(=O)C1=O)C(C)=CN2S(=O)OCc1ccccc1. The van der Waals surface area contributed by atoms with Crippen molar-refractivity contribution in [1.82, 2.24) is 4.31 Å². The number of Topliss-reactive ketones (excluding diaryl/α,β-unsaturated/α-hetero) is 2. The number of allylic oxidation sites excluding steroid dienone is 1. The van der Waals surface area contributed by atoms with Crippen molar-refractivity contribution in [2.45, 2.75) is 26.5 Å². The number of hydrogen-bond acceptors (Lipinski definition) is 4. The van der Waals surface area contributed by atoms with Gasteiger partial charge in [-0.15, -0.1) is 0 Å². The Morgan fingerprint density at radius 2 is 1.87 bits per heavy atom. The Hall–Kier alpha value is -2.05. The molecule has 23 heavy (non-hydrogen) atoms. The molecule has 1 aromatic rings. The minimum Gasteiger partial charge on any atom is -0.290 e. The van der Waals surface area contributed by atoms with E-state index < -0.39 is 34.8 Å². The first kappa shape index (κ1) is 15.8. The molecule has 1 aliphatic carbocycles. The maximum Gasteiger partial charge on any atom is 0.264 e. The Morgan fingerprint density at radius 1 is 1.17 bits per heavy atom. The third-order valence-corrected chi connectivity index (χ3v) is 5.10. The Labute approximate surface area is 137 Å². The minimum atomic E-state index is -1.73. The fourth-order valence-electron chi connectivity index (χ4n) is 2.88. The second-order valence-electron chi connectivity index (χ2n) is 5.71. The highest BCUT2D eigenvalue weighted by atomic mass is 32.2. The highest BCUT2D eigenvalue weighted by Crippen LogP contribution is 2.35. The summed E-state index contributed by atoms with van der Waals surface area (Å²) in [4.78, 5) is 24.0. The van der Waals surface area contributed by atoms with E-state index >= 15 is 0 Å². The number of ketones is 2. The molecule has 5 nitrogen and oxygen atoms in total. The van der Waals surface area contributed by atoms with Gasteiger partial charge in [0.05, 0.1) is 18.6 Å². The molecule has 0 radical (unpaired) electrons. The molecule has 3 atom stereocenters. The van der Waals surface area contributed by atoms with Crippen molar-refractivity contribution >= 4 is 22.8 Å². The van der Waals surface area contributed by atoms with E-state index in [1.165, 1.54) is 4.31 Å². The van der Waals surface area contributed by atoms with Crippen LogP contribution in [0, 0.1) is 5.92 Å². The van der Waals surface area contributed by atoms with E-state index in [2.05, 4.69) is 0 Å². The topological polar surface area (TPSA) is 63.7 Å². The highest BCUT2D eigenvalue weighted by molar-refractivity contribution is 7.77. The third kappa shape index (κ3) is 2.92. The van der Waals surface area contributed by atoms with Gasteiger partial charge in [-0.05, 0) is 30.6 Å². The second-order valence-corrected chi connectivity index (χ2v) is 6.80. The Balaban J connectivity index is 1.76. The van der Waals surface area contributed by atoms with Crippen molar-refractivity contribution in [2.24, 2.45) is 5.92 Å². The van der Waals surface area contributed by atoms with Crippen molar-refractivity contribution < 1.29 is 18.0 Å². The number of rotatable bonds is 4. The van der Waals surface area contributed by atoms with Gasteiger partial charge in [0.2, 0.25) is 11.6 Å². The van der Waals surface area contributed by atoms with Crippen LogP contribution in [0.5, 0.6) is 0 Å². The molecule has 1 aliphatic heterocycles. The molecule has 120 valence electrons. The predicted octanol–water partition coefficient (Wildman–Crippen LogP) is 2.08. The molecule has 0 fully saturated rings. The van der Waals surface area contributed by atoms with E-state index in [-0.39, 0.29) is 6.61 Å². The smallest absolute Gasteiger partial charge is 0.264 e. The van der Waals surface area contributed by atoms with Gasteiger partial charge < -0.3 is 0 Å². The predicted molar refractivity (Wildman–Crippen MR) is 86.0 cm³/mol. The lowest BCUT2D eigenvalue weighted by atomic mass is 9.82. The number of nitrogens with zero attached hydrogens (tertiary/aromatic N) is 1. The monoisotopic (exact) mass is 331 g/mol. The van der Waals surface area contributed by atoms with Crippen molar-refractivity contribution in [1.29, 1.82) is 0 Å². The number of fused-ring (bicyclic) bond motifs is 1. The molecule has 0 saturated carbocycles. The first-order valence-electron chi connectivity index (χ1n) is 7.31. The molecule has 1 aromatic carbocycles. The average Bonchev–Trinajstić information content (AvgIpc) is 2.88. The zero-order valence-electron chi connectivity index (χ0n) is 12.9. The molecule has 0 saturated heterocycles. The summed E-state index contributed by atoms with van der Waals surface area (Å²) in [6, 6.07) is 9.02. The summed E-state index contributed by atoms with van der Waals surface area (Å²) >= 11 is -1.73. The van der Waals surface area contributed by atoms with Gasteiger partial charge >= 0.3 is 0 Å². The molecule has 3 unspecified atom stereocenters. The summed E-state index contributed by atoms with van der Waals surface area (Å²) in [6.45, 7) is 3.59. The third-order valence-electron chi connectivity index (χ3n) is 4.08. The summed E-state index contributed by atoms with van der Waals surface area (Å²) in [5.74, 6) is -1.46. The van der Waals surface area contributed by atoms with E-state index in [9.17, 15) is 13.8 Å². The number of hydrogen-bond donors (Lipinski definition) is 0. The van der Waals surface area contributed by atoms with Gasteiger partial charge in [0, 0.05) is 6.20 Å². The normalized spacial score (nSPS) is 25.0. The maximum atomic E-state index is 12.5. The van der Waals surface area contributed by atoms with Gasteiger partial charge in [-0.2, -0.15) is 0 Å². The highest BCUT2D eigenvalue weighted by Gasteiger charge is 2.45. The van der Waals surface area contributed by atoms with Crippen molar-refractivity contribution in [3.05, 3.63) is 59.3 Å². The first-order valence-corrected chi connectivity index (χ1v) is 8.35.